The van der Waals surface area contributed by atoms with Crippen LogP contribution in [0.4, 0.5) is 11.4 Å². The number of nitro benzene ring substituents is 1. The highest BCUT2D eigenvalue weighted by Gasteiger charge is 2.19. The zero-order valence-corrected chi connectivity index (χ0v) is 15.1. The van der Waals surface area contributed by atoms with Crippen LogP contribution < -0.4 is 10.5 Å². The van der Waals surface area contributed by atoms with E-state index in [9.17, 15) is 20.3 Å². The number of nitro groups is 1. The molecule has 0 spiro atoms. The average molecular weight is 380 g/mol. The van der Waals surface area contributed by atoms with Gasteiger partial charge < -0.3 is 20.7 Å². The van der Waals surface area contributed by atoms with Crippen molar-refractivity contribution >= 4 is 23.0 Å². The van der Waals surface area contributed by atoms with Crippen LogP contribution in [0.3, 0.4) is 0 Å². The molecule has 2 aromatic carbocycles. The summed E-state index contributed by atoms with van der Waals surface area (Å²) in [6, 6.07) is 7.39. The molecule has 0 bridgehead atoms. The van der Waals surface area contributed by atoms with Gasteiger partial charge in [0, 0.05) is 22.7 Å². The Balaban J connectivity index is 0.000000263. The zero-order chi connectivity index (χ0) is 20.0. The Morgan fingerprint density at radius 3 is 2.35 bits per heavy atom. The number of nitrogens with zero attached hydrogens (tertiary/aromatic N) is 2. The van der Waals surface area contributed by atoms with Gasteiger partial charge in [-0.2, -0.15) is 5.26 Å². The smallest absolute Gasteiger partial charge is 0.312 e. The molecule has 9 heteroatoms. The van der Waals surface area contributed by atoms with Crippen molar-refractivity contribution in [3.05, 3.63) is 50.5 Å². The lowest BCUT2D eigenvalue weighted by Crippen LogP contribution is -1.94. The van der Waals surface area contributed by atoms with Crippen molar-refractivity contribution < 1.29 is 19.9 Å². The number of methoxy groups -OCH3 is 1. The van der Waals surface area contributed by atoms with Crippen molar-refractivity contribution in [3.8, 4) is 23.3 Å². The monoisotopic (exact) mass is 379 g/mol. The fraction of sp³-hybridized carbons (Fsp3) is 0.235. The van der Waals surface area contributed by atoms with Gasteiger partial charge in [0.2, 0.25) is 0 Å². The number of rotatable bonds is 3. The molecule has 26 heavy (non-hydrogen) atoms. The fourth-order valence-corrected chi connectivity index (χ4v) is 2.26. The predicted octanol–water partition coefficient (Wildman–Crippen LogP) is 3.93. The standard InChI is InChI=1S/C9H10ClNO3.C8H8N2O2/c1-5(2)7-3-6(10)4-8(9(7)12)11(13)14;1-12-7-3-5(4-9)2-6(10)8(7)11/h3-5,12H,1-2H3;2-3,11H,10H2,1H3. The minimum Gasteiger partial charge on any atom is -0.503 e. The van der Waals surface area contributed by atoms with Crippen LogP contribution in [-0.4, -0.2) is 22.2 Å². The topological polar surface area (TPSA) is 143 Å². The fourth-order valence-electron chi connectivity index (χ4n) is 2.03. The second-order valence-corrected chi connectivity index (χ2v) is 5.94. The van der Waals surface area contributed by atoms with Crippen LogP contribution >= 0.6 is 11.6 Å². The maximum Gasteiger partial charge on any atom is 0.312 e. The van der Waals surface area contributed by atoms with E-state index >= 15 is 0 Å². The van der Waals surface area contributed by atoms with Crippen molar-refractivity contribution in [2.24, 2.45) is 0 Å². The number of phenols is 2. The number of nitrogen functional groups attached to an aromatic ring is 1. The highest BCUT2D eigenvalue weighted by molar-refractivity contribution is 6.31. The van der Waals surface area contributed by atoms with Crippen LogP contribution in [0.15, 0.2) is 24.3 Å². The molecule has 0 aromatic heterocycles. The van der Waals surface area contributed by atoms with Gasteiger partial charge in [0.15, 0.2) is 17.2 Å². The molecule has 0 atom stereocenters. The maximum atomic E-state index is 10.5. The van der Waals surface area contributed by atoms with Crippen molar-refractivity contribution in [2.45, 2.75) is 19.8 Å². The Morgan fingerprint density at radius 1 is 1.27 bits per heavy atom. The van der Waals surface area contributed by atoms with Gasteiger partial charge in [-0.25, -0.2) is 0 Å². The molecule has 0 amide bonds. The SMILES string of the molecule is CC(C)c1cc(Cl)cc([N+](=O)[O-])c1O.COc1cc(C#N)cc(N)c1O. The zero-order valence-electron chi connectivity index (χ0n) is 14.4. The first-order chi connectivity index (χ1) is 12.1. The first kappa shape index (κ1) is 20.9. The second kappa shape index (κ2) is 8.78. The molecule has 0 saturated carbocycles. The van der Waals surface area contributed by atoms with E-state index in [2.05, 4.69) is 0 Å². The first-order valence-electron chi connectivity index (χ1n) is 7.35. The molecule has 0 aliphatic heterocycles. The first-order valence-corrected chi connectivity index (χ1v) is 7.73. The molecule has 0 fully saturated rings. The van der Waals surface area contributed by atoms with Crippen LogP contribution in [0, 0.1) is 21.4 Å². The van der Waals surface area contributed by atoms with Gasteiger partial charge in [-0.15, -0.1) is 0 Å². The van der Waals surface area contributed by atoms with E-state index < -0.39 is 4.92 Å². The molecular weight excluding hydrogens is 362 g/mol. The molecule has 0 saturated heterocycles. The van der Waals surface area contributed by atoms with Gasteiger partial charge in [0.05, 0.1) is 29.4 Å². The number of phenolic OH excluding ortho intramolecular Hbond substituents is 2. The van der Waals surface area contributed by atoms with E-state index in [1.54, 1.807) is 0 Å². The van der Waals surface area contributed by atoms with Gasteiger partial charge in [-0.3, -0.25) is 10.1 Å². The summed E-state index contributed by atoms with van der Waals surface area (Å²) in [7, 11) is 1.40. The van der Waals surface area contributed by atoms with E-state index in [1.165, 1.54) is 25.3 Å². The van der Waals surface area contributed by atoms with Crippen molar-refractivity contribution in [2.75, 3.05) is 12.8 Å². The summed E-state index contributed by atoms with van der Waals surface area (Å²) in [6.45, 7) is 3.66. The Bertz CT molecular complexity index is 862. The lowest BCUT2D eigenvalue weighted by atomic mass is 10.0. The van der Waals surface area contributed by atoms with Crippen LogP contribution in [0.1, 0.15) is 30.9 Å². The molecule has 2 rings (SSSR count). The van der Waals surface area contributed by atoms with Crippen molar-refractivity contribution in [1.29, 1.82) is 5.26 Å². The molecule has 0 aliphatic rings. The average Bonchev–Trinajstić information content (AvgIpc) is 2.59. The third kappa shape index (κ3) is 4.91. The highest BCUT2D eigenvalue weighted by atomic mass is 35.5. The lowest BCUT2D eigenvalue weighted by Gasteiger charge is -2.08. The van der Waals surface area contributed by atoms with E-state index in [-0.39, 0.29) is 39.6 Å². The summed E-state index contributed by atoms with van der Waals surface area (Å²) in [5.74, 6) is -0.218. The van der Waals surface area contributed by atoms with Crippen LogP contribution in [0.5, 0.6) is 17.2 Å². The number of nitrogens with two attached hydrogens (primary N) is 1. The van der Waals surface area contributed by atoms with Gasteiger partial charge >= 0.3 is 5.69 Å². The van der Waals surface area contributed by atoms with Gasteiger partial charge in [0.25, 0.3) is 0 Å². The van der Waals surface area contributed by atoms with Crippen molar-refractivity contribution in [3.63, 3.8) is 0 Å². The number of ether oxygens (including phenoxy) is 1. The molecule has 0 unspecified atom stereocenters. The van der Waals surface area contributed by atoms with E-state index in [1.807, 2.05) is 19.9 Å². The molecule has 0 aliphatic carbocycles. The number of nitriles is 1. The number of halogens is 1. The van der Waals surface area contributed by atoms with Crippen LogP contribution in [0.25, 0.3) is 0 Å². The molecule has 0 heterocycles. The maximum absolute atomic E-state index is 10.5. The molecule has 2 aromatic rings. The molecule has 138 valence electrons. The summed E-state index contributed by atoms with van der Waals surface area (Å²) in [4.78, 5) is 9.89. The number of hydrogen-bond donors (Lipinski definition) is 3. The summed E-state index contributed by atoms with van der Waals surface area (Å²) < 4.78 is 4.79. The van der Waals surface area contributed by atoms with E-state index in [4.69, 9.17) is 27.3 Å². The van der Waals surface area contributed by atoms with E-state index in [0.717, 1.165) is 6.07 Å². The van der Waals surface area contributed by atoms with Gasteiger partial charge in [0.1, 0.15) is 0 Å². The second-order valence-electron chi connectivity index (χ2n) is 5.50. The summed E-state index contributed by atoms with van der Waals surface area (Å²) in [5, 5.41) is 38.1. The van der Waals surface area contributed by atoms with Gasteiger partial charge in [-0.1, -0.05) is 25.4 Å². The quantitative estimate of drug-likeness (QED) is 0.317. The van der Waals surface area contributed by atoms with Gasteiger partial charge in [-0.05, 0) is 18.1 Å². The molecule has 4 N–H and O–H groups in total. The highest BCUT2D eigenvalue weighted by Crippen LogP contribution is 2.37. The normalized spacial score (nSPS) is 9.85. The molecular formula is C17H18ClN3O5. The lowest BCUT2D eigenvalue weighted by molar-refractivity contribution is -0.385. The Morgan fingerprint density at radius 2 is 1.88 bits per heavy atom. The minimum absolute atomic E-state index is 0.00704. The Labute approximate surface area is 155 Å². The largest absolute Gasteiger partial charge is 0.503 e. The minimum atomic E-state index is -0.646. The van der Waals surface area contributed by atoms with Crippen LogP contribution in [-0.2, 0) is 0 Å². The van der Waals surface area contributed by atoms with Crippen molar-refractivity contribution in [1.82, 2.24) is 0 Å². The van der Waals surface area contributed by atoms with E-state index in [0.29, 0.717) is 11.1 Å². The Kier molecular flexibility index (Phi) is 7.05. The number of aromatic hydroxyl groups is 2. The molecule has 0 radical (unpaired) electrons. The number of anilines is 1. The summed E-state index contributed by atoms with van der Waals surface area (Å²) >= 11 is 5.69. The summed E-state index contributed by atoms with van der Waals surface area (Å²) in [5.41, 5.74) is 6.04. The predicted molar refractivity (Wildman–Crippen MR) is 97.6 cm³/mol. The number of hydrogen-bond acceptors (Lipinski definition) is 7. The third-order valence-corrected chi connectivity index (χ3v) is 3.57. The third-order valence-electron chi connectivity index (χ3n) is 3.36. The number of benzene rings is 2. The molecule has 8 nitrogen and oxygen atoms in total. The Hall–Kier alpha value is -3.18. The summed E-state index contributed by atoms with van der Waals surface area (Å²) in [6.07, 6.45) is 0. The van der Waals surface area contributed by atoms with Crippen LogP contribution in [0.2, 0.25) is 5.02 Å².